The van der Waals surface area contributed by atoms with Crippen molar-refractivity contribution in [3.8, 4) is 28.5 Å². The molecule has 120 valence electrons. The molecule has 6 nitrogen and oxygen atoms in total. The third-order valence-corrected chi connectivity index (χ3v) is 3.68. The zero-order chi connectivity index (χ0) is 16.5. The van der Waals surface area contributed by atoms with E-state index in [-0.39, 0.29) is 0 Å². The molecule has 4 aromatic rings. The number of fused-ring (bicyclic) bond motifs is 1. The maximum absolute atomic E-state index is 6.16. The number of rotatable bonds is 4. The van der Waals surface area contributed by atoms with Gasteiger partial charge in [-0.05, 0) is 54.4 Å². The summed E-state index contributed by atoms with van der Waals surface area (Å²) in [6.45, 7) is 2.59. The second kappa shape index (κ2) is 5.73. The van der Waals surface area contributed by atoms with E-state index in [9.17, 15) is 0 Å². The minimum atomic E-state index is 0.506. The van der Waals surface area contributed by atoms with E-state index in [2.05, 4.69) is 10.1 Å². The van der Waals surface area contributed by atoms with E-state index in [1.54, 1.807) is 16.8 Å². The van der Waals surface area contributed by atoms with Crippen molar-refractivity contribution < 1.29 is 9.15 Å². The molecule has 1 aromatic carbocycles. The van der Waals surface area contributed by atoms with Gasteiger partial charge in [-0.2, -0.15) is 4.52 Å². The van der Waals surface area contributed by atoms with E-state index in [0.29, 0.717) is 29.7 Å². The predicted octanol–water partition coefficient (Wildman–Crippen LogP) is 3.64. The summed E-state index contributed by atoms with van der Waals surface area (Å²) in [6.07, 6.45) is 1.59. The maximum atomic E-state index is 6.16. The molecule has 0 fully saturated rings. The molecule has 24 heavy (non-hydrogen) atoms. The van der Waals surface area contributed by atoms with Crippen LogP contribution >= 0.6 is 0 Å². The second-order valence-corrected chi connectivity index (χ2v) is 5.31. The molecule has 0 aliphatic heterocycles. The van der Waals surface area contributed by atoms with Crippen LogP contribution in [0.5, 0.6) is 5.75 Å². The molecule has 0 bridgehead atoms. The highest BCUT2D eigenvalue weighted by Gasteiger charge is 2.12. The Bertz CT molecular complexity index is 990. The van der Waals surface area contributed by atoms with Gasteiger partial charge >= 0.3 is 0 Å². The molecule has 0 radical (unpaired) electrons. The first-order valence-electron chi connectivity index (χ1n) is 7.68. The first-order chi connectivity index (χ1) is 11.7. The number of anilines is 1. The number of nitrogens with two attached hydrogens (primary N) is 1. The number of furan rings is 1. The fraction of sp³-hybridized carbons (Fsp3) is 0.111. The molecular weight excluding hydrogens is 304 g/mol. The zero-order valence-electron chi connectivity index (χ0n) is 13.1. The van der Waals surface area contributed by atoms with Crippen molar-refractivity contribution in [2.75, 3.05) is 12.3 Å². The highest BCUT2D eigenvalue weighted by molar-refractivity contribution is 5.72. The van der Waals surface area contributed by atoms with Crippen molar-refractivity contribution in [2.24, 2.45) is 0 Å². The standard InChI is InChI=1S/C18H16N4O2/c1-2-23-14-6-3-5-12(9-14)13-10-16(19)22-17(11-13)20-18(21-22)15-7-4-8-24-15/h3-11H,2,19H2,1H3. The number of aromatic nitrogens is 3. The molecule has 0 unspecified atom stereocenters. The second-order valence-electron chi connectivity index (χ2n) is 5.31. The van der Waals surface area contributed by atoms with Crippen LogP contribution in [0.15, 0.2) is 59.2 Å². The first-order valence-corrected chi connectivity index (χ1v) is 7.68. The topological polar surface area (TPSA) is 78.6 Å². The first kappa shape index (κ1) is 14.3. The van der Waals surface area contributed by atoms with Crippen LogP contribution in [0.2, 0.25) is 0 Å². The van der Waals surface area contributed by atoms with Crippen LogP contribution in [-0.2, 0) is 0 Å². The van der Waals surface area contributed by atoms with Gasteiger partial charge in [0.05, 0.1) is 12.9 Å². The van der Waals surface area contributed by atoms with Crippen molar-refractivity contribution in [1.29, 1.82) is 0 Å². The summed E-state index contributed by atoms with van der Waals surface area (Å²) in [7, 11) is 0. The normalized spacial score (nSPS) is 11.0. The van der Waals surface area contributed by atoms with E-state index in [0.717, 1.165) is 16.9 Å². The van der Waals surface area contributed by atoms with Gasteiger partial charge in [0, 0.05) is 0 Å². The number of benzene rings is 1. The molecule has 0 aliphatic rings. The molecular formula is C18H16N4O2. The summed E-state index contributed by atoms with van der Waals surface area (Å²) in [5, 5.41) is 4.40. The summed E-state index contributed by atoms with van der Waals surface area (Å²) in [5.41, 5.74) is 8.79. The van der Waals surface area contributed by atoms with Gasteiger partial charge in [-0.1, -0.05) is 12.1 Å². The van der Waals surface area contributed by atoms with Crippen LogP contribution in [0.1, 0.15) is 6.92 Å². The lowest BCUT2D eigenvalue weighted by Crippen LogP contribution is -1.99. The quantitative estimate of drug-likeness (QED) is 0.621. The highest BCUT2D eigenvalue weighted by Crippen LogP contribution is 2.27. The number of ether oxygens (including phenoxy) is 1. The lowest BCUT2D eigenvalue weighted by Gasteiger charge is -2.07. The van der Waals surface area contributed by atoms with E-state index < -0.39 is 0 Å². The van der Waals surface area contributed by atoms with Gasteiger partial charge in [-0.3, -0.25) is 0 Å². The molecule has 3 heterocycles. The fourth-order valence-corrected chi connectivity index (χ4v) is 2.62. The Balaban J connectivity index is 1.81. The van der Waals surface area contributed by atoms with Crippen molar-refractivity contribution in [2.45, 2.75) is 6.92 Å². The van der Waals surface area contributed by atoms with Gasteiger partial charge in [-0.15, -0.1) is 5.10 Å². The third-order valence-electron chi connectivity index (χ3n) is 3.68. The molecule has 3 aromatic heterocycles. The Morgan fingerprint density at radius 1 is 1.12 bits per heavy atom. The SMILES string of the molecule is CCOc1cccc(-c2cc(N)n3nc(-c4ccco4)nc3c2)c1. The van der Waals surface area contributed by atoms with E-state index in [1.807, 2.05) is 49.4 Å². The van der Waals surface area contributed by atoms with Crippen molar-refractivity contribution >= 4 is 11.5 Å². The Morgan fingerprint density at radius 2 is 2.04 bits per heavy atom. The molecule has 0 aliphatic carbocycles. The minimum Gasteiger partial charge on any atom is -0.494 e. The van der Waals surface area contributed by atoms with Gasteiger partial charge < -0.3 is 14.9 Å². The lowest BCUT2D eigenvalue weighted by atomic mass is 10.1. The maximum Gasteiger partial charge on any atom is 0.217 e. The van der Waals surface area contributed by atoms with Crippen LogP contribution in [0.3, 0.4) is 0 Å². The van der Waals surface area contributed by atoms with Gasteiger partial charge in [0.25, 0.3) is 0 Å². The highest BCUT2D eigenvalue weighted by atomic mass is 16.5. The van der Waals surface area contributed by atoms with Gasteiger partial charge in [-0.25, -0.2) is 4.98 Å². The van der Waals surface area contributed by atoms with E-state index in [4.69, 9.17) is 14.9 Å². The zero-order valence-corrected chi connectivity index (χ0v) is 13.1. The van der Waals surface area contributed by atoms with Crippen LogP contribution < -0.4 is 10.5 Å². The number of nitrogen functional groups attached to an aromatic ring is 1. The van der Waals surface area contributed by atoms with Gasteiger partial charge in [0.15, 0.2) is 11.4 Å². The molecule has 4 rings (SSSR count). The van der Waals surface area contributed by atoms with Crippen molar-refractivity contribution in [3.63, 3.8) is 0 Å². The third kappa shape index (κ3) is 2.48. The number of pyridine rings is 1. The van der Waals surface area contributed by atoms with E-state index >= 15 is 0 Å². The fourth-order valence-electron chi connectivity index (χ4n) is 2.62. The summed E-state index contributed by atoms with van der Waals surface area (Å²) in [4.78, 5) is 4.51. The number of hydrogen-bond donors (Lipinski definition) is 1. The molecule has 2 N–H and O–H groups in total. The molecule has 0 atom stereocenters. The molecule has 0 amide bonds. The minimum absolute atomic E-state index is 0.506. The Labute approximate surface area is 138 Å². The average molecular weight is 320 g/mol. The summed E-state index contributed by atoms with van der Waals surface area (Å²) >= 11 is 0. The lowest BCUT2D eigenvalue weighted by molar-refractivity contribution is 0.340. The molecule has 0 saturated carbocycles. The van der Waals surface area contributed by atoms with Gasteiger partial charge in [0.2, 0.25) is 5.82 Å². The number of nitrogens with zero attached hydrogens (tertiary/aromatic N) is 3. The van der Waals surface area contributed by atoms with Crippen LogP contribution in [0, 0.1) is 0 Å². The number of hydrogen-bond acceptors (Lipinski definition) is 5. The van der Waals surface area contributed by atoms with Crippen LogP contribution in [0.25, 0.3) is 28.4 Å². The van der Waals surface area contributed by atoms with E-state index in [1.165, 1.54) is 0 Å². The van der Waals surface area contributed by atoms with Gasteiger partial charge in [0.1, 0.15) is 11.6 Å². The molecule has 0 saturated heterocycles. The predicted molar refractivity (Wildman–Crippen MR) is 91.7 cm³/mol. The Morgan fingerprint density at radius 3 is 2.83 bits per heavy atom. The van der Waals surface area contributed by atoms with Crippen molar-refractivity contribution in [1.82, 2.24) is 14.6 Å². The summed E-state index contributed by atoms with van der Waals surface area (Å²) in [5.74, 6) is 2.45. The Hall–Kier alpha value is -3.28. The monoisotopic (exact) mass is 320 g/mol. The Kier molecular flexibility index (Phi) is 3.42. The average Bonchev–Trinajstić information content (AvgIpc) is 3.24. The summed E-state index contributed by atoms with van der Waals surface area (Å²) in [6, 6.07) is 15.3. The van der Waals surface area contributed by atoms with Crippen LogP contribution in [0.4, 0.5) is 5.82 Å². The van der Waals surface area contributed by atoms with Crippen molar-refractivity contribution in [3.05, 3.63) is 54.8 Å². The van der Waals surface area contributed by atoms with Crippen LogP contribution in [-0.4, -0.2) is 21.2 Å². The molecule has 6 heteroatoms. The smallest absolute Gasteiger partial charge is 0.217 e. The summed E-state index contributed by atoms with van der Waals surface area (Å²) < 4.78 is 12.5. The molecule has 0 spiro atoms. The largest absolute Gasteiger partial charge is 0.494 e.